The lowest BCUT2D eigenvalue weighted by Crippen LogP contribution is -2.25. The normalized spacial score (nSPS) is 10.7. The number of fused-ring (bicyclic) bond motifs is 1. The van der Waals surface area contributed by atoms with E-state index in [9.17, 15) is 4.79 Å². The highest BCUT2D eigenvalue weighted by Crippen LogP contribution is 2.39. The summed E-state index contributed by atoms with van der Waals surface area (Å²) < 4.78 is 6.43. The predicted octanol–water partition coefficient (Wildman–Crippen LogP) is 4.84. The van der Waals surface area contributed by atoms with Gasteiger partial charge in [-0.2, -0.15) is 0 Å². The Balaban J connectivity index is 1.93. The van der Waals surface area contributed by atoms with Crippen molar-refractivity contribution in [3.05, 3.63) is 64.0 Å². The number of carbonyl (C=O) groups excluding carboxylic acids is 1. The van der Waals surface area contributed by atoms with Gasteiger partial charge in [0.25, 0.3) is 5.91 Å². The van der Waals surface area contributed by atoms with Crippen molar-refractivity contribution in [2.45, 2.75) is 6.54 Å². The number of benzene rings is 2. The number of thiophene rings is 1. The number of hydrogen-bond donors (Lipinski definition) is 0. The molecule has 0 aliphatic carbocycles. The van der Waals surface area contributed by atoms with Crippen LogP contribution in [0.15, 0.2) is 48.5 Å². The summed E-state index contributed by atoms with van der Waals surface area (Å²) >= 11 is 7.45. The smallest absolute Gasteiger partial charge is 0.267 e. The van der Waals surface area contributed by atoms with E-state index in [1.165, 1.54) is 11.3 Å². The second-order valence-corrected chi connectivity index (χ2v) is 6.74. The third kappa shape index (κ3) is 3.19. The molecule has 0 saturated heterocycles. The SMILES string of the molecule is COc1c(C(=O)N(C)Cc2ccccc2)sc2cc(Cl)ccc12. The van der Waals surface area contributed by atoms with E-state index in [0.717, 1.165) is 15.6 Å². The third-order valence-electron chi connectivity index (χ3n) is 3.61. The Bertz CT molecular complexity index is 845. The van der Waals surface area contributed by atoms with E-state index in [2.05, 4.69) is 0 Å². The van der Waals surface area contributed by atoms with Crippen molar-refractivity contribution >= 4 is 38.9 Å². The molecule has 0 radical (unpaired) electrons. The van der Waals surface area contributed by atoms with Crippen molar-refractivity contribution in [3.63, 3.8) is 0 Å². The molecule has 1 heterocycles. The summed E-state index contributed by atoms with van der Waals surface area (Å²) in [5, 5.41) is 1.57. The molecule has 0 unspecified atom stereocenters. The van der Waals surface area contributed by atoms with Crippen LogP contribution in [-0.4, -0.2) is 25.0 Å². The predicted molar refractivity (Wildman–Crippen MR) is 95.6 cm³/mol. The summed E-state index contributed by atoms with van der Waals surface area (Å²) in [6, 6.07) is 15.5. The van der Waals surface area contributed by atoms with Gasteiger partial charge < -0.3 is 9.64 Å². The van der Waals surface area contributed by atoms with Crippen LogP contribution in [0.1, 0.15) is 15.2 Å². The maximum atomic E-state index is 12.8. The van der Waals surface area contributed by atoms with Crippen molar-refractivity contribution < 1.29 is 9.53 Å². The van der Waals surface area contributed by atoms with Gasteiger partial charge in [0.05, 0.1) is 7.11 Å². The maximum Gasteiger partial charge on any atom is 0.267 e. The van der Waals surface area contributed by atoms with Crippen molar-refractivity contribution in [2.75, 3.05) is 14.2 Å². The number of methoxy groups -OCH3 is 1. The topological polar surface area (TPSA) is 29.5 Å². The lowest BCUT2D eigenvalue weighted by Gasteiger charge is -2.17. The van der Waals surface area contributed by atoms with E-state index in [4.69, 9.17) is 16.3 Å². The van der Waals surface area contributed by atoms with Gasteiger partial charge in [-0.3, -0.25) is 4.79 Å². The molecule has 0 spiro atoms. The summed E-state index contributed by atoms with van der Waals surface area (Å²) in [6.07, 6.45) is 0. The Morgan fingerprint density at radius 3 is 2.65 bits per heavy atom. The number of ether oxygens (including phenoxy) is 1. The van der Waals surface area contributed by atoms with E-state index in [-0.39, 0.29) is 5.91 Å². The van der Waals surface area contributed by atoms with E-state index < -0.39 is 0 Å². The zero-order valence-corrected chi connectivity index (χ0v) is 14.4. The lowest BCUT2D eigenvalue weighted by molar-refractivity contribution is 0.0787. The number of rotatable bonds is 4. The summed E-state index contributed by atoms with van der Waals surface area (Å²) in [5.74, 6) is 0.564. The highest BCUT2D eigenvalue weighted by molar-refractivity contribution is 7.21. The molecular weight excluding hydrogens is 330 g/mol. The minimum absolute atomic E-state index is 0.0528. The first-order chi connectivity index (χ1) is 11.1. The summed E-state index contributed by atoms with van der Waals surface area (Å²) in [7, 11) is 3.39. The van der Waals surface area contributed by atoms with Crippen LogP contribution in [0, 0.1) is 0 Å². The molecule has 0 aliphatic heterocycles. The van der Waals surface area contributed by atoms with Crippen molar-refractivity contribution in [2.24, 2.45) is 0 Å². The zero-order valence-electron chi connectivity index (χ0n) is 12.9. The summed E-state index contributed by atoms with van der Waals surface area (Å²) in [6.45, 7) is 0.553. The Morgan fingerprint density at radius 2 is 1.96 bits per heavy atom. The van der Waals surface area contributed by atoms with Crippen LogP contribution in [0.5, 0.6) is 5.75 Å². The van der Waals surface area contributed by atoms with Crippen molar-refractivity contribution in [1.82, 2.24) is 4.90 Å². The van der Waals surface area contributed by atoms with Crippen molar-refractivity contribution in [1.29, 1.82) is 0 Å². The molecule has 1 aromatic heterocycles. The molecular formula is C18H16ClNO2S. The molecule has 0 fully saturated rings. The Labute approximate surface area is 144 Å². The third-order valence-corrected chi connectivity index (χ3v) is 4.97. The fourth-order valence-electron chi connectivity index (χ4n) is 2.49. The minimum atomic E-state index is -0.0528. The standard InChI is InChI=1S/C18H16ClNO2S/c1-20(11-12-6-4-3-5-7-12)18(21)17-16(22-2)14-9-8-13(19)10-15(14)23-17/h3-10H,11H2,1-2H3. The van der Waals surface area contributed by atoms with Crippen LogP contribution < -0.4 is 4.74 Å². The highest BCUT2D eigenvalue weighted by atomic mass is 35.5. The molecule has 0 aliphatic rings. The molecule has 2 aromatic carbocycles. The maximum absolute atomic E-state index is 12.8. The van der Waals surface area contributed by atoms with Gasteiger partial charge in [0.2, 0.25) is 0 Å². The first kappa shape index (κ1) is 15.8. The molecule has 1 amide bonds. The van der Waals surface area contributed by atoms with E-state index in [1.807, 2.05) is 42.5 Å². The molecule has 0 atom stereocenters. The fraction of sp³-hybridized carbons (Fsp3) is 0.167. The molecule has 118 valence electrons. The summed E-state index contributed by atoms with van der Waals surface area (Å²) in [5.41, 5.74) is 1.09. The number of carbonyl (C=O) groups is 1. The van der Waals surface area contributed by atoms with Gasteiger partial charge in [0.15, 0.2) is 0 Å². The molecule has 5 heteroatoms. The van der Waals surface area contributed by atoms with E-state index >= 15 is 0 Å². The van der Waals surface area contributed by atoms with Crippen LogP contribution in [0.3, 0.4) is 0 Å². The monoisotopic (exact) mass is 345 g/mol. The van der Waals surface area contributed by atoms with E-state index in [0.29, 0.717) is 22.2 Å². The van der Waals surface area contributed by atoms with Gasteiger partial charge in [-0.05, 0) is 23.8 Å². The van der Waals surface area contributed by atoms with Crippen molar-refractivity contribution in [3.8, 4) is 5.75 Å². The van der Waals surface area contributed by atoms with E-state index in [1.54, 1.807) is 25.1 Å². The van der Waals surface area contributed by atoms with Gasteiger partial charge in [-0.15, -0.1) is 11.3 Å². The van der Waals surface area contributed by atoms with Crippen LogP contribution >= 0.6 is 22.9 Å². The lowest BCUT2D eigenvalue weighted by atomic mass is 10.2. The summed E-state index contributed by atoms with van der Waals surface area (Å²) in [4.78, 5) is 15.1. The molecule has 0 bridgehead atoms. The Kier molecular flexibility index (Phi) is 4.55. The second kappa shape index (κ2) is 6.60. The number of hydrogen-bond acceptors (Lipinski definition) is 3. The zero-order chi connectivity index (χ0) is 16.4. The number of halogens is 1. The van der Waals surface area contributed by atoms with Crippen LogP contribution in [0.2, 0.25) is 5.02 Å². The largest absolute Gasteiger partial charge is 0.494 e. The van der Waals surface area contributed by atoms with Gasteiger partial charge >= 0.3 is 0 Å². The molecule has 0 saturated carbocycles. The van der Waals surface area contributed by atoms with Gasteiger partial charge in [-0.1, -0.05) is 41.9 Å². The first-order valence-corrected chi connectivity index (χ1v) is 8.35. The van der Waals surface area contributed by atoms with Crippen LogP contribution in [-0.2, 0) is 6.54 Å². The quantitative estimate of drug-likeness (QED) is 0.677. The number of nitrogens with zero attached hydrogens (tertiary/aromatic N) is 1. The average molecular weight is 346 g/mol. The molecule has 23 heavy (non-hydrogen) atoms. The van der Waals surface area contributed by atoms with Gasteiger partial charge in [0.1, 0.15) is 10.6 Å². The van der Waals surface area contributed by atoms with Crippen LogP contribution in [0.4, 0.5) is 0 Å². The average Bonchev–Trinajstić information content (AvgIpc) is 2.92. The molecule has 3 rings (SSSR count). The number of amides is 1. The first-order valence-electron chi connectivity index (χ1n) is 7.15. The Hall–Kier alpha value is -2.04. The van der Waals surface area contributed by atoms with Crippen LogP contribution in [0.25, 0.3) is 10.1 Å². The second-order valence-electron chi connectivity index (χ2n) is 5.25. The minimum Gasteiger partial charge on any atom is -0.494 e. The molecule has 0 N–H and O–H groups in total. The fourth-order valence-corrected chi connectivity index (χ4v) is 3.94. The van der Waals surface area contributed by atoms with Gasteiger partial charge in [-0.25, -0.2) is 0 Å². The van der Waals surface area contributed by atoms with Gasteiger partial charge in [0, 0.05) is 28.7 Å². The Morgan fingerprint density at radius 1 is 1.22 bits per heavy atom. The highest BCUT2D eigenvalue weighted by Gasteiger charge is 2.22. The molecule has 3 aromatic rings. The molecule has 3 nitrogen and oxygen atoms in total.